The smallest absolute Gasteiger partial charge is 0.417 e. The van der Waals surface area contributed by atoms with E-state index in [1.54, 1.807) is 51.5 Å². The molecule has 3 aromatic rings. The molecule has 15 heteroatoms. The van der Waals surface area contributed by atoms with Gasteiger partial charge in [0.15, 0.2) is 11.9 Å². The van der Waals surface area contributed by atoms with Gasteiger partial charge in [-0.25, -0.2) is 14.5 Å². The Morgan fingerprint density at radius 3 is 2.56 bits per heavy atom. The van der Waals surface area contributed by atoms with Gasteiger partial charge in [0.05, 0.1) is 28.3 Å². The number of amides is 2. The van der Waals surface area contributed by atoms with Crippen LogP contribution in [0.5, 0.6) is 0 Å². The number of hydrogen-bond donors (Lipinski definition) is 2. The number of ether oxygens (including phenoxy) is 2. The number of anilines is 2. The second kappa shape index (κ2) is 15.8. The van der Waals surface area contributed by atoms with Gasteiger partial charge in [-0.3, -0.25) is 9.69 Å². The number of nitrogens with zero attached hydrogens (tertiary/aromatic N) is 4. The predicted molar refractivity (Wildman–Crippen MR) is 154 cm³/mol. The lowest BCUT2D eigenvalue weighted by Gasteiger charge is -2.22. The van der Waals surface area contributed by atoms with Crippen LogP contribution in [0.3, 0.4) is 0 Å². The summed E-state index contributed by atoms with van der Waals surface area (Å²) in [5, 5.41) is 10.3. The monoisotopic (exact) mass is 662 g/mol. The van der Waals surface area contributed by atoms with Crippen LogP contribution < -0.4 is 15.5 Å². The van der Waals surface area contributed by atoms with Gasteiger partial charge >= 0.3 is 6.09 Å². The highest BCUT2D eigenvalue weighted by Crippen LogP contribution is 2.31. The van der Waals surface area contributed by atoms with Crippen LogP contribution in [-0.4, -0.2) is 60.8 Å². The normalized spacial score (nSPS) is 11.2. The standard InChI is InChI=1S/C21H19BrCl3N5O4.C3H7NO/c1-11(34-21(32)29(2)19-12(10-33-3)5-4-8-26-19)30-18(25)16(22)17(28-30)20(31)27-15-7-6-13(23)9-14(15)24;1-4-2-3-5/h4-9,11H,10H2,1-3H3,(H,27,31);3-4H,2H2,1H3. The summed E-state index contributed by atoms with van der Waals surface area (Å²) in [6, 6.07) is 8.17. The Balaban J connectivity index is 0.000000976. The summed E-state index contributed by atoms with van der Waals surface area (Å²) in [7, 11) is 4.80. The number of carbonyl (C=O) groups excluding carboxylic acids is 3. The first-order valence-electron chi connectivity index (χ1n) is 11.2. The number of likely N-dealkylation sites (N-methyl/N-ethyl adjacent to an activating group) is 1. The molecular weight excluding hydrogens is 639 g/mol. The number of rotatable bonds is 9. The quantitative estimate of drug-likeness (QED) is 0.283. The van der Waals surface area contributed by atoms with E-state index in [4.69, 9.17) is 44.3 Å². The fourth-order valence-corrected chi connectivity index (χ4v) is 4.16. The van der Waals surface area contributed by atoms with E-state index in [2.05, 4.69) is 36.6 Å². The molecule has 0 fully saturated rings. The van der Waals surface area contributed by atoms with Crippen molar-refractivity contribution in [3.05, 3.63) is 67.5 Å². The van der Waals surface area contributed by atoms with Crippen molar-refractivity contribution in [2.75, 3.05) is 38.0 Å². The van der Waals surface area contributed by atoms with E-state index < -0.39 is 18.2 Å². The van der Waals surface area contributed by atoms with Crippen molar-refractivity contribution >= 4 is 80.5 Å². The number of methoxy groups -OCH3 is 1. The van der Waals surface area contributed by atoms with Crippen LogP contribution in [0.2, 0.25) is 15.2 Å². The van der Waals surface area contributed by atoms with Gasteiger partial charge in [-0.1, -0.05) is 40.9 Å². The van der Waals surface area contributed by atoms with E-state index in [1.165, 1.54) is 22.7 Å². The molecule has 1 unspecified atom stereocenters. The highest BCUT2D eigenvalue weighted by atomic mass is 79.9. The van der Waals surface area contributed by atoms with E-state index in [0.29, 0.717) is 28.6 Å². The van der Waals surface area contributed by atoms with Gasteiger partial charge in [-0.05, 0) is 54.2 Å². The summed E-state index contributed by atoms with van der Waals surface area (Å²) in [5.74, 6) is -0.195. The SMILES string of the molecule is CNCC=O.COCc1cccnc1N(C)C(=O)OC(C)n1nc(C(=O)Nc2ccc(Cl)cc2Cl)c(Br)c1Cl. The third-order valence-electron chi connectivity index (χ3n) is 4.85. The van der Waals surface area contributed by atoms with Crippen molar-refractivity contribution in [1.29, 1.82) is 0 Å². The Labute approximate surface area is 248 Å². The van der Waals surface area contributed by atoms with Crippen LogP contribution in [0.25, 0.3) is 0 Å². The molecule has 11 nitrogen and oxygen atoms in total. The number of benzene rings is 1. The molecule has 210 valence electrons. The molecule has 2 N–H and O–H groups in total. The number of aromatic nitrogens is 3. The van der Waals surface area contributed by atoms with Crippen LogP contribution in [0.1, 0.15) is 29.2 Å². The first-order chi connectivity index (χ1) is 18.5. The number of halogens is 4. The van der Waals surface area contributed by atoms with Gasteiger partial charge in [-0.2, -0.15) is 5.10 Å². The Bertz CT molecular complexity index is 1310. The zero-order chi connectivity index (χ0) is 29.1. The van der Waals surface area contributed by atoms with E-state index >= 15 is 0 Å². The Kier molecular flexibility index (Phi) is 13.1. The molecule has 2 aromatic heterocycles. The van der Waals surface area contributed by atoms with Gasteiger partial charge < -0.3 is 24.9 Å². The Hall–Kier alpha value is -2.74. The number of carbonyl (C=O) groups is 3. The minimum Gasteiger partial charge on any atom is -0.423 e. The van der Waals surface area contributed by atoms with Gasteiger partial charge in [-0.15, -0.1) is 0 Å². The first-order valence-corrected chi connectivity index (χ1v) is 13.1. The lowest BCUT2D eigenvalue weighted by Crippen LogP contribution is -2.31. The van der Waals surface area contributed by atoms with Gasteiger partial charge in [0, 0.05) is 30.9 Å². The molecule has 0 aliphatic heterocycles. The number of nitrogens with one attached hydrogen (secondary N) is 2. The molecule has 0 aliphatic rings. The van der Waals surface area contributed by atoms with Crippen LogP contribution in [0.4, 0.5) is 16.3 Å². The van der Waals surface area contributed by atoms with Crippen molar-refractivity contribution in [3.8, 4) is 0 Å². The second-order valence-corrected chi connectivity index (χ2v) is 9.66. The molecule has 0 radical (unpaired) electrons. The molecular formula is C24H26BrCl3N6O5. The van der Waals surface area contributed by atoms with E-state index in [9.17, 15) is 14.4 Å². The molecule has 2 amide bonds. The highest BCUT2D eigenvalue weighted by molar-refractivity contribution is 9.10. The molecule has 0 spiro atoms. The summed E-state index contributed by atoms with van der Waals surface area (Å²) in [6.07, 6.45) is 0.722. The van der Waals surface area contributed by atoms with Gasteiger partial charge in [0.1, 0.15) is 17.3 Å². The summed E-state index contributed by atoms with van der Waals surface area (Å²) in [5.41, 5.74) is 1.02. The van der Waals surface area contributed by atoms with Gasteiger partial charge in [0.25, 0.3) is 5.91 Å². The topological polar surface area (TPSA) is 128 Å². The maximum absolute atomic E-state index is 12.8. The lowest BCUT2D eigenvalue weighted by atomic mass is 10.2. The number of aldehydes is 1. The zero-order valence-corrected chi connectivity index (χ0v) is 25.2. The molecule has 0 bridgehead atoms. The minimum absolute atomic E-state index is 0.0284. The van der Waals surface area contributed by atoms with E-state index in [-0.39, 0.29) is 26.9 Å². The fraction of sp³-hybridized carbons (Fsp3) is 0.292. The minimum atomic E-state index is -0.950. The Morgan fingerprint density at radius 2 is 1.97 bits per heavy atom. The number of hydrogen-bond acceptors (Lipinski definition) is 8. The van der Waals surface area contributed by atoms with Crippen molar-refractivity contribution < 1.29 is 23.9 Å². The maximum atomic E-state index is 12.8. The zero-order valence-electron chi connectivity index (χ0n) is 21.4. The number of pyridine rings is 1. The summed E-state index contributed by atoms with van der Waals surface area (Å²) in [4.78, 5) is 40.3. The van der Waals surface area contributed by atoms with Crippen LogP contribution in [0, 0.1) is 0 Å². The van der Waals surface area contributed by atoms with Crippen molar-refractivity contribution in [1.82, 2.24) is 20.1 Å². The summed E-state index contributed by atoms with van der Waals surface area (Å²) >= 11 is 21.6. The summed E-state index contributed by atoms with van der Waals surface area (Å²) < 4.78 is 12.1. The lowest BCUT2D eigenvalue weighted by molar-refractivity contribution is -0.107. The van der Waals surface area contributed by atoms with Crippen LogP contribution in [-0.2, 0) is 20.9 Å². The highest BCUT2D eigenvalue weighted by Gasteiger charge is 2.26. The summed E-state index contributed by atoms with van der Waals surface area (Å²) in [6.45, 7) is 2.29. The van der Waals surface area contributed by atoms with Crippen LogP contribution in [0.15, 0.2) is 41.0 Å². The van der Waals surface area contributed by atoms with Crippen molar-refractivity contribution in [3.63, 3.8) is 0 Å². The third kappa shape index (κ3) is 8.88. The van der Waals surface area contributed by atoms with Crippen LogP contribution >= 0.6 is 50.7 Å². The van der Waals surface area contributed by atoms with Gasteiger partial charge in [0.2, 0.25) is 0 Å². The molecule has 2 heterocycles. The first kappa shape index (κ1) is 32.5. The predicted octanol–water partition coefficient (Wildman–Crippen LogP) is 5.60. The average molecular weight is 665 g/mol. The van der Waals surface area contributed by atoms with E-state index in [0.717, 1.165) is 6.29 Å². The molecule has 0 saturated heterocycles. The molecule has 0 aliphatic carbocycles. The second-order valence-electron chi connectivity index (χ2n) is 7.66. The fourth-order valence-electron chi connectivity index (χ4n) is 3.00. The molecule has 0 saturated carbocycles. The Morgan fingerprint density at radius 1 is 1.26 bits per heavy atom. The maximum Gasteiger partial charge on any atom is 0.417 e. The van der Waals surface area contributed by atoms with E-state index in [1.807, 2.05) is 0 Å². The van der Waals surface area contributed by atoms with Crippen molar-refractivity contribution in [2.45, 2.75) is 19.8 Å². The molecule has 3 rings (SSSR count). The molecule has 1 aromatic carbocycles. The van der Waals surface area contributed by atoms with Crippen molar-refractivity contribution in [2.24, 2.45) is 0 Å². The average Bonchev–Trinajstić information content (AvgIpc) is 3.21. The third-order valence-corrected chi connectivity index (χ3v) is 6.74. The molecule has 39 heavy (non-hydrogen) atoms. The molecule has 1 atom stereocenters. The largest absolute Gasteiger partial charge is 0.423 e.